The number of thiophene rings is 2. The van der Waals surface area contributed by atoms with E-state index in [-0.39, 0.29) is 9.77 Å². The molecule has 1 atom stereocenters. The molecule has 0 spiro atoms. The normalized spacial score (nSPS) is 12.3. The van der Waals surface area contributed by atoms with Crippen LogP contribution in [0, 0.1) is 5.82 Å². The molecule has 11 heteroatoms. The highest BCUT2D eigenvalue weighted by Gasteiger charge is 2.24. The van der Waals surface area contributed by atoms with Gasteiger partial charge in [-0.25, -0.2) is 22.7 Å². The summed E-state index contributed by atoms with van der Waals surface area (Å²) >= 11 is 2.25. The van der Waals surface area contributed by atoms with Gasteiger partial charge in [-0.1, -0.05) is 18.2 Å². The third-order valence-electron chi connectivity index (χ3n) is 3.79. The zero-order valence-corrected chi connectivity index (χ0v) is 17.2. The Morgan fingerprint density at radius 3 is 2.45 bits per heavy atom. The zero-order valence-electron chi connectivity index (χ0n) is 14.7. The molecule has 2 heterocycles. The van der Waals surface area contributed by atoms with Crippen molar-refractivity contribution in [3.8, 4) is 0 Å². The highest BCUT2D eigenvalue weighted by atomic mass is 32.2. The standard InChI is InChI=1S/C18H15FN2O5S3/c19-12-5-3-11(4-6-12)16(13-2-1-8-27-13)21-15(22)10-26-18(23)17-14(7-9-28-17)29(20,24)25/h1-9,16H,10H2,(H,21,22)(H2,20,24,25)/t16-/m0/s1. The second-order valence-corrected chi connectivity index (χ2v) is 9.23. The minimum atomic E-state index is -4.08. The van der Waals surface area contributed by atoms with Crippen LogP contribution in [0.15, 0.2) is 58.1 Å². The first-order valence-electron chi connectivity index (χ1n) is 8.11. The van der Waals surface area contributed by atoms with Crippen molar-refractivity contribution < 1.29 is 27.1 Å². The molecule has 3 aromatic rings. The van der Waals surface area contributed by atoms with Crippen LogP contribution in [-0.2, 0) is 19.6 Å². The Hall–Kier alpha value is -2.60. The topological polar surface area (TPSA) is 116 Å². The van der Waals surface area contributed by atoms with Crippen LogP contribution < -0.4 is 10.5 Å². The van der Waals surface area contributed by atoms with Crippen LogP contribution in [0.2, 0.25) is 0 Å². The monoisotopic (exact) mass is 454 g/mol. The van der Waals surface area contributed by atoms with E-state index in [4.69, 9.17) is 9.88 Å². The van der Waals surface area contributed by atoms with E-state index < -0.39 is 40.4 Å². The lowest BCUT2D eigenvalue weighted by Gasteiger charge is -2.18. The summed E-state index contributed by atoms with van der Waals surface area (Å²) in [7, 11) is -4.08. The lowest BCUT2D eigenvalue weighted by atomic mass is 10.1. The molecule has 3 N–H and O–H groups in total. The molecule has 0 aliphatic carbocycles. The van der Waals surface area contributed by atoms with Gasteiger partial charge in [0.25, 0.3) is 5.91 Å². The van der Waals surface area contributed by atoms with Crippen LogP contribution in [0.3, 0.4) is 0 Å². The molecule has 0 saturated carbocycles. The molecule has 3 rings (SSSR count). The molecular formula is C18H15FN2O5S3. The molecule has 152 valence electrons. The average molecular weight is 455 g/mol. The first-order chi connectivity index (χ1) is 13.8. The fourth-order valence-corrected chi connectivity index (χ4v) is 5.16. The molecule has 0 unspecified atom stereocenters. The van der Waals surface area contributed by atoms with Gasteiger partial charge in [0.2, 0.25) is 10.0 Å². The molecule has 0 aliphatic rings. The minimum absolute atomic E-state index is 0.200. The Bertz CT molecular complexity index is 1110. The molecule has 7 nitrogen and oxygen atoms in total. The largest absolute Gasteiger partial charge is 0.451 e. The van der Waals surface area contributed by atoms with Gasteiger partial charge in [-0.05, 0) is 40.6 Å². The van der Waals surface area contributed by atoms with Crippen molar-refractivity contribution in [2.45, 2.75) is 10.9 Å². The van der Waals surface area contributed by atoms with Gasteiger partial charge in [0.15, 0.2) is 6.61 Å². The van der Waals surface area contributed by atoms with Crippen LogP contribution >= 0.6 is 22.7 Å². The maximum Gasteiger partial charge on any atom is 0.350 e. The summed E-state index contributed by atoms with van der Waals surface area (Å²) in [4.78, 5) is 24.8. The maximum absolute atomic E-state index is 13.2. The van der Waals surface area contributed by atoms with Crippen molar-refractivity contribution in [2.24, 2.45) is 5.14 Å². The molecule has 2 aromatic heterocycles. The molecule has 1 aromatic carbocycles. The average Bonchev–Trinajstić information content (AvgIpc) is 3.36. The van der Waals surface area contributed by atoms with Crippen molar-refractivity contribution in [1.82, 2.24) is 5.32 Å². The lowest BCUT2D eigenvalue weighted by molar-refractivity contribution is -0.124. The first-order valence-corrected chi connectivity index (χ1v) is 11.4. The van der Waals surface area contributed by atoms with E-state index in [2.05, 4.69) is 5.32 Å². The fourth-order valence-electron chi connectivity index (χ4n) is 2.50. The second-order valence-electron chi connectivity index (χ2n) is 5.80. The summed E-state index contributed by atoms with van der Waals surface area (Å²) in [5.41, 5.74) is 0.656. The van der Waals surface area contributed by atoms with E-state index in [0.717, 1.165) is 16.2 Å². The number of halogens is 1. The SMILES string of the molecule is NS(=O)(=O)c1ccsc1C(=O)OCC(=O)N[C@@H](c1ccc(F)cc1)c1cccs1. The highest BCUT2D eigenvalue weighted by Crippen LogP contribution is 2.26. The Morgan fingerprint density at radius 1 is 1.10 bits per heavy atom. The van der Waals surface area contributed by atoms with Gasteiger partial charge in [-0.2, -0.15) is 0 Å². The molecule has 29 heavy (non-hydrogen) atoms. The van der Waals surface area contributed by atoms with Gasteiger partial charge in [0.05, 0.1) is 6.04 Å². The van der Waals surface area contributed by atoms with Gasteiger partial charge in [-0.3, -0.25) is 4.79 Å². The zero-order chi connectivity index (χ0) is 21.0. The summed E-state index contributed by atoms with van der Waals surface area (Å²) in [5.74, 6) is -1.97. The van der Waals surface area contributed by atoms with Crippen LogP contribution in [0.1, 0.15) is 26.2 Å². The van der Waals surface area contributed by atoms with Crippen LogP contribution in [0.4, 0.5) is 4.39 Å². The van der Waals surface area contributed by atoms with Crippen LogP contribution in [0.25, 0.3) is 0 Å². The number of benzene rings is 1. The number of nitrogens with one attached hydrogen (secondary N) is 1. The molecule has 1 amide bonds. The Kier molecular flexibility index (Phi) is 6.42. The van der Waals surface area contributed by atoms with Crippen molar-refractivity contribution in [3.05, 3.63) is 74.4 Å². The summed E-state index contributed by atoms with van der Waals surface area (Å²) in [5, 5.41) is 11.0. The van der Waals surface area contributed by atoms with Crippen molar-refractivity contribution in [3.63, 3.8) is 0 Å². The second kappa shape index (κ2) is 8.82. The number of carbonyl (C=O) groups is 2. The number of hydrogen-bond acceptors (Lipinski definition) is 7. The number of esters is 1. The van der Waals surface area contributed by atoms with Crippen LogP contribution in [-0.4, -0.2) is 26.9 Å². The number of primary sulfonamides is 1. The lowest BCUT2D eigenvalue weighted by Crippen LogP contribution is -2.32. The summed E-state index contributed by atoms with van der Waals surface area (Å²) in [6, 6.07) is 9.94. The van der Waals surface area contributed by atoms with Gasteiger partial charge >= 0.3 is 5.97 Å². The van der Waals surface area contributed by atoms with E-state index in [1.54, 1.807) is 12.1 Å². The molecule has 0 aliphatic heterocycles. The van der Waals surface area contributed by atoms with E-state index in [9.17, 15) is 22.4 Å². The van der Waals surface area contributed by atoms with Crippen LogP contribution in [0.5, 0.6) is 0 Å². The van der Waals surface area contributed by atoms with E-state index in [1.807, 2.05) is 17.5 Å². The Labute approximate surface area is 174 Å². The van der Waals surface area contributed by atoms with E-state index in [0.29, 0.717) is 5.56 Å². The number of amides is 1. The van der Waals surface area contributed by atoms with Crippen molar-refractivity contribution in [2.75, 3.05) is 6.61 Å². The van der Waals surface area contributed by atoms with E-state index in [1.165, 1.54) is 34.9 Å². The summed E-state index contributed by atoms with van der Waals surface area (Å²) in [6.07, 6.45) is 0. The van der Waals surface area contributed by atoms with Gasteiger partial charge < -0.3 is 10.1 Å². The number of carbonyl (C=O) groups excluding carboxylic acids is 2. The molecule has 0 fully saturated rings. The van der Waals surface area contributed by atoms with Gasteiger partial charge in [0.1, 0.15) is 15.6 Å². The predicted octanol–water partition coefficient (Wildman–Crippen LogP) is 2.66. The van der Waals surface area contributed by atoms with Crippen molar-refractivity contribution in [1.29, 1.82) is 0 Å². The van der Waals surface area contributed by atoms with E-state index >= 15 is 0 Å². The molecule has 0 saturated heterocycles. The van der Waals surface area contributed by atoms with Gasteiger partial charge in [-0.15, -0.1) is 22.7 Å². The van der Waals surface area contributed by atoms with Gasteiger partial charge in [0, 0.05) is 4.88 Å². The Balaban J connectivity index is 1.69. The third kappa shape index (κ3) is 5.26. The number of nitrogens with two attached hydrogens (primary N) is 1. The highest BCUT2D eigenvalue weighted by molar-refractivity contribution is 7.89. The van der Waals surface area contributed by atoms with Crippen molar-refractivity contribution >= 4 is 44.6 Å². The summed E-state index contributed by atoms with van der Waals surface area (Å²) in [6.45, 7) is -0.621. The first kappa shape index (κ1) is 21.1. The molecule has 0 radical (unpaired) electrons. The smallest absolute Gasteiger partial charge is 0.350 e. The predicted molar refractivity (Wildman–Crippen MR) is 107 cm³/mol. The summed E-state index contributed by atoms with van der Waals surface area (Å²) < 4.78 is 41.1. The quantitative estimate of drug-likeness (QED) is 0.533. The Morgan fingerprint density at radius 2 is 1.83 bits per heavy atom. The number of rotatable bonds is 7. The fraction of sp³-hybridized carbons (Fsp3) is 0.111. The molecular weight excluding hydrogens is 439 g/mol. The maximum atomic E-state index is 13.2. The number of sulfonamides is 1. The third-order valence-corrected chi connectivity index (χ3v) is 6.71. The molecule has 0 bridgehead atoms. The number of ether oxygens (including phenoxy) is 1. The number of hydrogen-bond donors (Lipinski definition) is 2. The minimum Gasteiger partial charge on any atom is -0.451 e.